The van der Waals surface area contributed by atoms with E-state index in [0.29, 0.717) is 30.1 Å². The number of morpholine rings is 1. The van der Waals surface area contributed by atoms with Gasteiger partial charge in [-0.05, 0) is 23.6 Å². The van der Waals surface area contributed by atoms with Crippen molar-refractivity contribution in [2.75, 3.05) is 25.0 Å². The maximum atomic E-state index is 9.76. The second-order valence-electron chi connectivity index (χ2n) is 7.21. The maximum Gasteiger partial charge on any atom is 0.167 e. The standard InChI is InChI=1S/C21H22N6O2S/c28-12-16-9-26(10-17-7-4-8-30-17)11-18(29-16)27-14-24-19-20(22-13-23-21(19)27)25-15-5-2-1-3-6-15/h1-8,13-14,16,18,28H,9-12H2,(H,22,23,25)/t16-,18+/m0/s1. The molecule has 1 fully saturated rings. The maximum absolute atomic E-state index is 9.76. The van der Waals surface area contributed by atoms with Crippen LogP contribution in [0.5, 0.6) is 0 Å². The Hall–Kier alpha value is -2.85. The van der Waals surface area contributed by atoms with Gasteiger partial charge >= 0.3 is 0 Å². The van der Waals surface area contributed by atoms with E-state index in [0.717, 1.165) is 12.2 Å². The molecule has 3 aromatic heterocycles. The van der Waals surface area contributed by atoms with Gasteiger partial charge in [-0.15, -0.1) is 11.3 Å². The Morgan fingerprint density at radius 1 is 1.10 bits per heavy atom. The van der Waals surface area contributed by atoms with Crippen molar-refractivity contribution in [3.05, 3.63) is 65.4 Å². The van der Waals surface area contributed by atoms with Crippen LogP contribution in [-0.2, 0) is 11.3 Å². The van der Waals surface area contributed by atoms with Crippen LogP contribution in [0.3, 0.4) is 0 Å². The summed E-state index contributed by atoms with van der Waals surface area (Å²) in [5.41, 5.74) is 2.31. The molecule has 0 amide bonds. The lowest BCUT2D eigenvalue weighted by atomic mass is 10.2. The summed E-state index contributed by atoms with van der Waals surface area (Å²) in [5, 5.41) is 15.1. The second kappa shape index (κ2) is 8.49. The van der Waals surface area contributed by atoms with E-state index in [-0.39, 0.29) is 18.9 Å². The van der Waals surface area contributed by atoms with E-state index in [1.54, 1.807) is 17.7 Å². The van der Waals surface area contributed by atoms with Crippen molar-refractivity contribution in [3.8, 4) is 0 Å². The molecule has 1 aromatic carbocycles. The lowest BCUT2D eigenvalue weighted by Crippen LogP contribution is -2.46. The van der Waals surface area contributed by atoms with Crippen LogP contribution in [0.25, 0.3) is 11.2 Å². The van der Waals surface area contributed by atoms with Gasteiger partial charge in [-0.2, -0.15) is 0 Å². The number of thiophene rings is 1. The van der Waals surface area contributed by atoms with E-state index in [9.17, 15) is 5.11 Å². The Morgan fingerprint density at radius 3 is 2.80 bits per heavy atom. The number of benzene rings is 1. The van der Waals surface area contributed by atoms with Gasteiger partial charge in [0.25, 0.3) is 0 Å². The fourth-order valence-corrected chi connectivity index (χ4v) is 4.46. The van der Waals surface area contributed by atoms with Gasteiger partial charge in [0.15, 0.2) is 17.0 Å². The highest BCUT2D eigenvalue weighted by molar-refractivity contribution is 7.09. The van der Waals surface area contributed by atoms with E-state index in [4.69, 9.17) is 4.74 Å². The third-order valence-corrected chi connectivity index (χ3v) is 5.96. The van der Waals surface area contributed by atoms with E-state index in [1.165, 1.54) is 11.2 Å². The number of nitrogens with zero attached hydrogens (tertiary/aromatic N) is 5. The first kappa shape index (κ1) is 19.1. The zero-order chi connectivity index (χ0) is 20.3. The van der Waals surface area contributed by atoms with Crippen molar-refractivity contribution in [3.63, 3.8) is 0 Å². The van der Waals surface area contributed by atoms with Gasteiger partial charge in [0.2, 0.25) is 0 Å². The fraction of sp³-hybridized carbons (Fsp3) is 0.286. The Kier molecular flexibility index (Phi) is 5.41. The minimum Gasteiger partial charge on any atom is -0.394 e. The van der Waals surface area contributed by atoms with Crippen molar-refractivity contribution in [2.45, 2.75) is 18.9 Å². The number of anilines is 2. The molecule has 1 saturated heterocycles. The van der Waals surface area contributed by atoms with Gasteiger partial charge in [-0.25, -0.2) is 15.0 Å². The van der Waals surface area contributed by atoms with E-state index >= 15 is 0 Å². The number of nitrogens with one attached hydrogen (secondary N) is 1. The van der Waals surface area contributed by atoms with Crippen molar-refractivity contribution in [1.82, 2.24) is 24.4 Å². The molecule has 0 radical (unpaired) electrons. The average molecular weight is 423 g/mol. The van der Waals surface area contributed by atoms with Crippen LogP contribution in [0, 0.1) is 0 Å². The van der Waals surface area contributed by atoms with Crippen LogP contribution >= 0.6 is 11.3 Å². The zero-order valence-electron chi connectivity index (χ0n) is 16.3. The van der Waals surface area contributed by atoms with Crippen LogP contribution in [-0.4, -0.2) is 55.3 Å². The minimum atomic E-state index is -0.291. The summed E-state index contributed by atoms with van der Waals surface area (Å²) in [4.78, 5) is 17.0. The first-order chi connectivity index (χ1) is 14.8. The summed E-state index contributed by atoms with van der Waals surface area (Å²) < 4.78 is 8.08. The van der Waals surface area contributed by atoms with Gasteiger partial charge < -0.3 is 15.2 Å². The molecule has 154 valence electrons. The number of ether oxygens (including phenoxy) is 1. The van der Waals surface area contributed by atoms with Crippen molar-refractivity contribution >= 4 is 34.0 Å². The number of imidazole rings is 1. The molecule has 4 heterocycles. The zero-order valence-corrected chi connectivity index (χ0v) is 17.1. The normalized spacial score (nSPS) is 19.9. The number of para-hydroxylation sites is 1. The molecular formula is C21H22N6O2S. The third kappa shape index (κ3) is 3.92. The molecule has 1 aliphatic heterocycles. The number of aliphatic hydroxyl groups is 1. The van der Waals surface area contributed by atoms with Crippen molar-refractivity contribution in [2.24, 2.45) is 0 Å². The number of fused-ring (bicyclic) bond motifs is 1. The lowest BCUT2D eigenvalue weighted by Gasteiger charge is -2.37. The molecule has 2 atom stereocenters. The van der Waals surface area contributed by atoms with E-state index in [1.807, 2.05) is 34.9 Å². The molecule has 1 aliphatic rings. The van der Waals surface area contributed by atoms with E-state index in [2.05, 4.69) is 42.7 Å². The fourth-order valence-electron chi connectivity index (χ4n) is 3.71. The highest BCUT2D eigenvalue weighted by Gasteiger charge is 2.30. The van der Waals surface area contributed by atoms with Gasteiger partial charge in [0.05, 0.1) is 19.0 Å². The molecule has 0 saturated carbocycles. The second-order valence-corrected chi connectivity index (χ2v) is 8.24. The molecule has 30 heavy (non-hydrogen) atoms. The minimum absolute atomic E-state index is 0.0279. The Bertz CT molecular complexity index is 1100. The summed E-state index contributed by atoms with van der Waals surface area (Å²) in [6.07, 6.45) is 2.72. The predicted octanol–water partition coefficient (Wildman–Crippen LogP) is 3.02. The smallest absolute Gasteiger partial charge is 0.167 e. The number of rotatable bonds is 6. The number of aliphatic hydroxyl groups excluding tert-OH is 1. The molecule has 0 aliphatic carbocycles. The molecule has 4 aromatic rings. The molecule has 2 N–H and O–H groups in total. The SMILES string of the molecule is OC[C@@H]1CN(Cc2cccs2)C[C@H](n2cnc3c(Nc4ccccc4)ncnc32)O1. The predicted molar refractivity (Wildman–Crippen MR) is 116 cm³/mol. The molecule has 0 spiro atoms. The summed E-state index contributed by atoms with van der Waals surface area (Å²) >= 11 is 1.74. The Labute approximate surface area is 177 Å². The van der Waals surface area contributed by atoms with Crippen LogP contribution in [0.2, 0.25) is 0 Å². The molecule has 0 unspecified atom stereocenters. The van der Waals surface area contributed by atoms with E-state index < -0.39 is 0 Å². The quantitative estimate of drug-likeness (QED) is 0.494. The highest BCUT2D eigenvalue weighted by atomic mass is 32.1. The molecule has 5 rings (SSSR count). The summed E-state index contributed by atoms with van der Waals surface area (Å²) in [6, 6.07) is 14.0. The number of hydrogen-bond donors (Lipinski definition) is 2. The van der Waals surface area contributed by atoms with Gasteiger partial charge in [-0.1, -0.05) is 24.3 Å². The van der Waals surface area contributed by atoms with Crippen LogP contribution in [0.4, 0.5) is 11.5 Å². The first-order valence-corrected chi connectivity index (χ1v) is 10.7. The van der Waals surface area contributed by atoms with Crippen molar-refractivity contribution in [1.29, 1.82) is 0 Å². The summed E-state index contributed by atoms with van der Waals surface area (Å²) in [6.45, 7) is 2.18. The molecular weight excluding hydrogens is 400 g/mol. The van der Waals surface area contributed by atoms with Crippen LogP contribution in [0.1, 0.15) is 11.1 Å². The average Bonchev–Trinajstić information content (AvgIpc) is 3.44. The Morgan fingerprint density at radius 2 is 2.00 bits per heavy atom. The molecule has 9 heteroatoms. The van der Waals surface area contributed by atoms with Crippen LogP contribution < -0.4 is 5.32 Å². The monoisotopic (exact) mass is 422 g/mol. The highest BCUT2D eigenvalue weighted by Crippen LogP contribution is 2.28. The first-order valence-electron chi connectivity index (χ1n) is 9.81. The molecule has 8 nitrogen and oxygen atoms in total. The van der Waals surface area contributed by atoms with Gasteiger partial charge in [0, 0.05) is 30.2 Å². The third-order valence-electron chi connectivity index (χ3n) is 5.09. The summed E-state index contributed by atoms with van der Waals surface area (Å²) in [7, 11) is 0. The number of aromatic nitrogens is 4. The molecule has 0 bridgehead atoms. The number of hydrogen-bond acceptors (Lipinski definition) is 8. The summed E-state index contributed by atoms with van der Waals surface area (Å²) in [5.74, 6) is 0.648. The largest absolute Gasteiger partial charge is 0.394 e. The van der Waals surface area contributed by atoms with Gasteiger partial charge in [-0.3, -0.25) is 9.47 Å². The van der Waals surface area contributed by atoms with Crippen LogP contribution in [0.15, 0.2) is 60.5 Å². The topological polar surface area (TPSA) is 88.3 Å². The Balaban J connectivity index is 1.42. The lowest BCUT2D eigenvalue weighted by molar-refractivity contribution is -0.135. The van der Waals surface area contributed by atoms with Crippen molar-refractivity contribution < 1.29 is 9.84 Å². The van der Waals surface area contributed by atoms with Gasteiger partial charge in [0.1, 0.15) is 12.6 Å².